The number of aliphatic hydroxyl groups is 1. The van der Waals surface area contributed by atoms with Gasteiger partial charge in [-0.05, 0) is 13.8 Å². The van der Waals surface area contributed by atoms with Crippen LogP contribution in [0.25, 0.3) is 0 Å². The van der Waals surface area contributed by atoms with Crippen molar-refractivity contribution in [2.45, 2.75) is 38.0 Å². The molecule has 9 nitrogen and oxygen atoms in total. The minimum absolute atomic E-state index is 0.0745. The summed E-state index contributed by atoms with van der Waals surface area (Å²) in [5.74, 6) is -1.61. The molecule has 0 bridgehead atoms. The van der Waals surface area contributed by atoms with Crippen LogP contribution >= 0.6 is 0 Å². The monoisotopic (exact) mass is 399 g/mol. The second-order valence-electron chi connectivity index (χ2n) is 7.38. The van der Waals surface area contributed by atoms with Crippen molar-refractivity contribution in [3.8, 4) is 17.2 Å². The largest absolute Gasteiger partial charge is 0.507 e. The number of ketones is 1. The normalized spacial score (nSPS) is 25.4. The van der Waals surface area contributed by atoms with E-state index in [9.17, 15) is 28.2 Å². The fraction of sp³-hybridized carbons (Fsp3) is 0.529. The lowest BCUT2D eigenvalue weighted by Crippen LogP contribution is -2.44. The average molecular weight is 399 g/mol. The first-order chi connectivity index (χ1) is 12.5. The Bertz CT molecular complexity index is 892. The van der Waals surface area contributed by atoms with Gasteiger partial charge in [0.2, 0.25) is 0 Å². The third-order valence-corrected chi connectivity index (χ3v) is 6.06. The number of aliphatic hydroxyl groups excluding tert-OH is 1. The van der Waals surface area contributed by atoms with E-state index in [1.54, 1.807) is 13.8 Å². The van der Waals surface area contributed by atoms with Gasteiger partial charge in [-0.3, -0.25) is 9.59 Å². The number of hydrogen-bond donors (Lipinski definition) is 3. The smallest absolute Gasteiger partial charge is 0.258 e. The summed E-state index contributed by atoms with van der Waals surface area (Å²) in [7, 11) is -3.38. The van der Waals surface area contributed by atoms with Gasteiger partial charge in [0.1, 0.15) is 28.4 Å². The van der Waals surface area contributed by atoms with Gasteiger partial charge in [0.15, 0.2) is 22.2 Å². The van der Waals surface area contributed by atoms with Crippen molar-refractivity contribution in [3.05, 3.63) is 17.7 Å². The summed E-state index contributed by atoms with van der Waals surface area (Å²) in [6.45, 7) is 3.03. The predicted octanol–water partition coefficient (Wildman–Crippen LogP) is -0.211. The summed E-state index contributed by atoms with van der Waals surface area (Å²) >= 11 is 0. The van der Waals surface area contributed by atoms with Crippen LogP contribution in [-0.2, 0) is 14.6 Å². The molecule has 0 aliphatic carbocycles. The molecule has 1 saturated heterocycles. The molecule has 0 unspecified atom stereocenters. The van der Waals surface area contributed by atoms with E-state index in [0.29, 0.717) is 0 Å². The van der Waals surface area contributed by atoms with Crippen molar-refractivity contribution in [1.82, 2.24) is 5.32 Å². The first kappa shape index (κ1) is 19.4. The first-order valence-electron chi connectivity index (χ1n) is 8.36. The van der Waals surface area contributed by atoms with Crippen LogP contribution in [0.2, 0.25) is 0 Å². The van der Waals surface area contributed by atoms with Crippen LogP contribution in [0.3, 0.4) is 0 Å². The van der Waals surface area contributed by atoms with E-state index in [1.165, 1.54) is 12.1 Å². The van der Waals surface area contributed by atoms with Gasteiger partial charge in [0, 0.05) is 12.1 Å². The summed E-state index contributed by atoms with van der Waals surface area (Å²) in [5, 5.41) is 22.2. The molecule has 2 heterocycles. The van der Waals surface area contributed by atoms with Gasteiger partial charge in [-0.15, -0.1) is 0 Å². The van der Waals surface area contributed by atoms with Crippen molar-refractivity contribution in [2.75, 3.05) is 18.1 Å². The van der Waals surface area contributed by atoms with Crippen LogP contribution in [0.15, 0.2) is 12.1 Å². The van der Waals surface area contributed by atoms with Gasteiger partial charge in [-0.2, -0.15) is 0 Å². The summed E-state index contributed by atoms with van der Waals surface area (Å²) in [4.78, 5) is 24.1. The molecule has 2 atom stereocenters. The predicted molar refractivity (Wildman–Crippen MR) is 93.8 cm³/mol. The standard InChI is InChI=1S/C17H21NO8S/c1-17(2)5-12(20)16-11(19)3-9(4-14(16)26-17)25-6-15(22)18-10-7-27(23,24)8-13(10)21/h3-4,10,13,19,21H,5-8H2,1-2H3,(H,18,22)/t10-,13-/m0/s1. The van der Waals surface area contributed by atoms with E-state index < -0.39 is 45.9 Å². The number of carbonyl (C=O) groups excluding carboxylic acids is 2. The highest BCUT2D eigenvalue weighted by molar-refractivity contribution is 7.91. The first-order valence-corrected chi connectivity index (χ1v) is 10.2. The van der Waals surface area contributed by atoms with Crippen LogP contribution in [0, 0.1) is 0 Å². The van der Waals surface area contributed by atoms with E-state index in [1.807, 2.05) is 0 Å². The Labute approximate surface area is 156 Å². The number of benzene rings is 1. The zero-order valence-corrected chi connectivity index (χ0v) is 15.7. The molecule has 0 saturated carbocycles. The molecule has 0 spiro atoms. The molecule has 1 amide bonds. The second-order valence-corrected chi connectivity index (χ2v) is 9.54. The lowest BCUT2D eigenvalue weighted by atomic mass is 9.92. The van der Waals surface area contributed by atoms with Crippen molar-refractivity contribution >= 4 is 21.5 Å². The number of aromatic hydroxyl groups is 1. The third-order valence-electron chi connectivity index (χ3n) is 4.35. The maximum atomic E-state index is 12.2. The topological polar surface area (TPSA) is 139 Å². The Hall–Kier alpha value is -2.33. The number of Topliss-reactive ketones (excluding diaryl/α,β-unsaturated/α-hetero) is 1. The Morgan fingerprint density at radius 1 is 1.37 bits per heavy atom. The molecule has 1 aromatic carbocycles. The van der Waals surface area contributed by atoms with E-state index in [0.717, 1.165) is 0 Å². The second kappa shape index (κ2) is 6.68. The molecule has 10 heteroatoms. The molecule has 148 valence electrons. The number of amides is 1. The molecule has 0 radical (unpaired) electrons. The molecule has 0 aromatic heterocycles. The van der Waals surface area contributed by atoms with E-state index >= 15 is 0 Å². The minimum Gasteiger partial charge on any atom is -0.507 e. The number of nitrogens with one attached hydrogen (secondary N) is 1. The lowest BCUT2D eigenvalue weighted by Gasteiger charge is -2.32. The van der Waals surface area contributed by atoms with Crippen LogP contribution in [-0.4, -0.2) is 66.2 Å². The van der Waals surface area contributed by atoms with E-state index in [-0.39, 0.29) is 40.8 Å². The average Bonchev–Trinajstić information content (AvgIpc) is 2.75. The van der Waals surface area contributed by atoms with Crippen LogP contribution in [0.1, 0.15) is 30.6 Å². The molecule has 1 aromatic rings. The maximum absolute atomic E-state index is 12.2. The van der Waals surface area contributed by atoms with Crippen LogP contribution in [0.4, 0.5) is 0 Å². The Morgan fingerprint density at radius 3 is 2.70 bits per heavy atom. The molecule has 1 fully saturated rings. The van der Waals surface area contributed by atoms with Gasteiger partial charge >= 0.3 is 0 Å². The maximum Gasteiger partial charge on any atom is 0.258 e. The number of sulfone groups is 1. The summed E-state index contributed by atoms with van der Waals surface area (Å²) in [6.07, 6.45) is -1.03. The number of phenolic OH excluding ortho intramolecular Hbond substituents is 1. The molecular weight excluding hydrogens is 378 g/mol. The number of fused-ring (bicyclic) bond motifs is 1. The SMILES string of the molecule is CC1(C)CC(=O)c2c(O)cc(OCC(=O)N[C@H]3CS(=O)(=O)C[C@@H]3O)cc2O1. The number of hydrogen-bond acceptors (Lipinski definition) is 8. The van der Waals surface area contributed by atoms with Crippen LogP contribution in [0.5, 0.6) is 17.2 Å². The minimum atomic E-state index is -3.38. The molecule has 3 N–H and O–H groups in total. The van der Waals surface area contributed by atoms with Gasteiger partial charge in [0.05, 0.1) is 30.1 Å². The molecule has 2 aliphatic heterocycles. The van der Waals surface area contributed by atoms with Crippen molar-refractivity contribution in [2.24, 2.45) is 0 Å². The number of carbonyl (C=O) groups is 2. The fourth-order valence-electron chi connectivity index (χ4n) is 3.19. The van der Waals surface area contributed by atoms with Gasteiger partial charge in [0.25, 0.3) is 5.91 Å². The van der Waals surface area contributed by atoms with Crippen molar-refractivity contribution in [1.29, 1.82) is 0 Å². The van der Waals surface area contributed by atoms with E-state index in [2.05, 4.69) is 5.32 Å². The molecule has 3 rings (SSSR count). The van der Waals surface area contributed by atoms with Crippen molar-refractivity contribution < 1.29 is 37.7 Å². The highest BCUT2D eigenvalue weighted by Crippen LogP contribution is 2.40. The van der Waals surface area contributed by atoms with Gasteiger partial charge < -0.3 is 25.0 Å². The molecular formula is C17H21NO8S. The van der Waals surface area contributed by atoms with Gasteiger partial charge in [-0.1, -0.05) is 0 Å². The highest BCUT2D eigenvalue weighted by Gasteiger charge is 2.37. The third kappa shape index (κ3) is 4.33. The number of ether oxygens (including phenoxy) is 2. The van der Waals surface area contributed by atoms with Crippen molar-refractivity contribution in [3.63, 3.8) is 0 Å². The highest BCUT2D eigenvalue weighted by atomic mass is 32.2. The Morgan fingerprint density at radius 2 is 2.07 bits per heavy atom. The molecule has 27 heavy (non-hydrogen) atoms. The lowest BCUT2D eigenvalue weighted by molar-refractivity contribution is -0.124. The van der Waals surface area contributed by atoms with Crippen LogP contribution < -0.4 is 14.8 Å². The Balaban J connectivity index is 1.66. The number of rotatable bonds is 4. The summed E-state index contributed by atoms with van der Waals surface area (Å²) in [6, 6.07) is 1.74. The zero-order valence-electron chi connectivity index (χ0n) is 14.9. The number of phenols is 1. The summed E-state index contributed by atoms with van der Waals surface area (Å²) in [5.41, 5.74) is -0.651. The van der Waals surface area contributed by atoms with Gasteiger partial charge in [-0.25, -0.2) is 8.42 Å². The fourth-order valence-corrected chi connectivity index (χ4v) is 4.93. The molecule has 2 aliphatic rings. The zero-order chi connectivity index (χ0) is 20.0. The van der Waals surface area contributed by atoms with E-state index in [4.69, 9.17) is 9.47 Å². The summed E-state index contributed by atoms with van der Waals surface area (Å²) < 4.78 is 33.9. The quantitative estimate of drug-likeness (QED) is 0.632. The Kier molecular flexibility index (Phi) is 4.81.